The molecule has 8 heteroatoms. The Hall–Kier alpha value is -3.42. The van der Waals surface area contributed by atoms with Crippen LogP contribution in [0.3, 0.4) is 0 Å². The topological polar surface area (TPSA) is 77.5 Å². The van der Waals surface area contributed by atoms with Gasteiger partial charge in [0.05, 0.1) is 27.9 Å². The standard InChI is InChI=1S/C31H42N2O6/c1-5-18-39-26-15-13-23(20-28(26)38-4)30-31(35)33(24-10-8-6-7-9-11-24)21-29(34)32(30)17-16-22-12-14-25(36-2)27(19-22)37-3/h12-15,19-20,24,30H,5-11,16-18,21H2,1-4H3. The number of hydrogen-bond donors (Lipinski definition) is 0. The Morgan fingerprint density at radius 2 is 1.49 bits per heavy atom. The van der Waals surface area contributed by atoms with Gasteiger partial charge in [-0.3, -0.25) is 9.59 Å². The van der Waals surface area contributed by atoms with E-state index in [0.717, 1.165) is 43.2 Å². The minimum Gasteiger partial charge on any atom is -0.493 e. The van der Waals surface area contributed by atoms with Gasteiger partial charge in [0.25, 0.3) is 5.91 Å². The lowest BCUT2D eigenvalue weighted by atomic mass is 9.96. The van der Waals surface area contributed by atoms with Crippen molar-refractivity contribution in [2.24, 2.45) is 0 Å². The second-order valence-corrected chi connectivity index (χ2v) is 10.3. The van der Waals surface area contributed by atoms with Crippen molar-refractivity contribution in [1.29, 1.82) is 0 Å². The fourth-order valence-corrected chi connectivity index (χ4v) is 5.67. The lowest BCUT2D eigenvalue weighted by molar-refractivity contribution is -0.158. The van der Waals surface area contributed by atoms with Crippen molar-refractivity contribution in [3.05, 3.63) is 47.5 Å². The SMILES string of the molecule is CCCOc1ccc(C2C(=O)N(C3CCCCCC3)CC(=O)N2CCc2ccc(OC)c(OC)c2)cc1OC. The van der Waals surface area contributed by atoms with Gasteiger partial charge in [0.15, 0.2) is 23.0 Å². The molecular formula is C31H42N2O6. The molecule has 4 rings (SSSR count). The Morgan fingerprint density at radius 3 is 2.15 bits per heavy atom. The normalized spacial score (nSPS) is 18.6. The summed E-state index contributed by atoms with van der Waals surface area (Å²) in [5, 5.41) is 0. The van der Waals surface area contributed by atoms with Gasteiger partial charge >= 0.3 is 0 Å². The zero-order valence-corrected chi connectivity index (χ0v) is 23.7. The molecule has 2 fully saturated rings. The molecule has 1 unspecified atom stereocenters. The molecule has 1 saturated carbocycles. The summed E-state index contributed by atoms with van der Waals surface area (Å²) >= 11 is 0. The van der Waals surface area contributed by atoms with Crippen LogP contribution in [-0.4, -0.2) is 68.7 Å². The Labute approximate surface area is 232 Å². The van der Waals surface area contributed by atoms with Gasteiger partial charge < -0.3 is 28.7 Å². The molecule has 39 heavy (non-hydrogen) atoms. The van der Waals surface area contributed by atoms with Gasteiger partial charge in [-0.2, -0.15) is 0 Å². The average molecular weight is 539 g/mol. The van der Waals surface area contributed by atoms with Crippen molar-refractivity contribution in [2.75, 3.05) is 41.0 Å². The predicted octanol–water partition coefficient (Wildman–Crippen LogP) is 5.18. The van der Waals surface area contributed by atoms with E-state index in [0.29, 0.717) is 42.6 Å². The number of carbonyl (C=O) groups is 2. The third-order valence-corrected chi connectivity index (χ3v) is 7.77. The maximum atomic E-state index is 14.2. The number of piperazine rings is 1. The Kier molecular flexibility index (Phi) is 9.96. The molecule has 1 heterocycles. The summed E-state index contributed by atoms with van der Waals surface area (Å²) in [4.78, 5) is 31.4. The van der Waals surface area contributed by atoms with E-state index >= 15 is 0 Å². The molecule has 2 aromatic carbocycles. The highest BCUT2D eigenvalue weighted by molar-refractivity contribution is 5.96. The van der Waals surface area contributed by atoms with Crippen molar-refractivity contribution in [3.63, 3.8) is 0 Å². The largest absolute Gasteiger partial charge is 0.493 e. The fourth-order valence-electron chi connectivity index (χ4n) is 5.67. The molecule has 0 aromatic heterocycles. The summed E-state index contributed by atoms with van der Waals surface area (Å²) in [7, 11) is 4.80. The highest BCUT2D eigenvalue weighted by Gasteiger charge is 2.42. The van der Waals surface area contributed by atoms with Crippen LogP contribution in [0.25, 0.3) is 0 Å². The minimum atomic E-state index is -0.719. The van der Waals surface area contributed by atoms with Gasteiger partial charge in [-0.1, -0.05) is 44.7 Å². The molecule has 2 aromatic rings. The number of carbonyl (C=O) groups excluding carboxylic acids is 2. The van der Waals surface area contributed by atoms with Crippen LogP contribution in [0, 0.1) is 0 Å². The van der Waals surface area contributed by atoms with E-state index in [-0.39, 0.29) is 24.4 Å². The number of hydrogen-bond acceptors (Lipinski definition) is 6. The van der Waals surface area contributed by atoms with Crippen molar-refractivity contribution >= 4 is 11.8 Å². The third-order valence-electron chi connectivity index (χ3n) is 7.77. The van der Waals surface area contributed by atoms with E-state index in [1.807, 2.05) is 48.2 Å². The molecule has 1 saturated heterocycles. The second-order valence-electron chi connectivity index (χ2n) is 10.3. The summed E-state index contributed by atoms with van der Waals surface area (Å²) < 4.78 is 22.3. The van der Waals surface area contributed by atoms with E-state index in [9.17, 15) is 9.59 Å². The monoisotopic (exact) mass is 538 g/mol. The van der Waals surface area contributed by atoms with Crippen molar-refractivity contribution in [3.8, 4) is 23.0 Å². The molecule has 0 radical (unpaired) electrons. The molecule has 2 aliphatic rings. The van der Waals surface area contributed by atoms with Gasteiger partial charge in [0.1, 0.15) is 12.6 Å². The van der Waals surface area contributed by atoms with E-state index in [2.05, 4.69) is 0 Å². The lowest BCUT2D eigenvalue weighted by Crippen LogP contribution is -2.58. The smallest absolute Gasteiger partial charge is 0.250 e. The highest BCUT2D eigenvalue weighted by atomic mass is 16.5. The molecule has 1 atom stereocenters. The Balaban J connectivity index is 1.65. The molecule has 1 aliphatic heterocycles. The first-order chi connectivity index (χ1) is 19.0. The first-order valence-electron chi connectivity index (χ1n) is 14.1. The molecule has 0 N–H and O–H groups in total. The Morgan fingerprint density at radius 1 is 0.821 bits per heavy atom. The first-order valence-corrected chi connectivity index (χ1v) is 14.1. The number of rotatable bonds is 11. The maximum Gasteiger partial charge on any atom is 0.250 e. The van der Waals surface area contributed by atoms with E-state index in [4.69, 9.17) is 18.9 Å². The molecule has 8 nitrogen and oxygen atoms in total. The van der Waals surface area contributed by atoms with Crippen LogP contribution in [0.2, 0.25) is 0 Å². The average Bonchev–Trinajstić information content (AvgIpc) is 3.25. The molecular weight excluding hydrogens is 496 g/mol. The summed E-state index contributed by atoms with van der Waals surface area (Å²) in [5.74, 6) is 2.44. The quantitative estimate of drug-likeness (QED) is 0.367. The molecule has 2 amide bonds. The van der Waals surface area contributed by atoms with E-state index in [1.165, 1.54) is 12.8 Å². The van der Waals surface area contributed by atoms with Gasteiger partial charge in [-0.05, 0) is 61.1 Å². The summed E-state index contributed by atoms with van der Waals surface area (Å²) in [6.45, 7) is 3.15. The predicted molar refractivity (Wildman–Crippen MR) is 150 cm³/mol. The van der Waals surface area contributed by atoms with E-state index in [1.54, 1.807) is 26.2 Å². The summed E-state index contributed by atoms with van der Waals surface area (Å²) in [5.41, 5.74) is 1.73. The zero-order valence-electron chi connectivity index (χ0n) is 23.7. The molecule has 212 valence electrons. The number of amides is 2. The van der Waals surface area contributed by atoms with Crippen LogP contribution in [0.5, 0.6) is 23.0 Å². The van der Waals surface area contributed by atoms with Crippen LogP contribution in [-0.2, 0) is 16.0 Å². The first kappa shape index (κ1) is 28.6. The summed E-state index contributed by atoms with van der Waals surface area (Å²) in [6, 6.07) is 10.7. The van der Waals surface area contributed by atoms with Gasteiger partial charge in [0.2, 0.25) is 5.91 Å². The van der Waals surface area contributed by atoms with Crippen molar-refractivity contribution < 1.29 is 28.5 Å². The van der Waals surface area contributed by atoms with Gasteiger partial charge in [-0.25, -0.2) is 0 Å². The van der Waals surface area contributed by atoms with Crippen molar-refractivity contribution in [1.82, 2.24) is 9.80 Å². The van der Waals surface area contributed by atoms with Crippen LogP contribution in [0.1, 0.15) is 69.0 Å². The van der Waals surface area contributed by atoms with Crippen LogP contribution in [0.15, 0.2) is 36.4 Å². The Bertz CT molecular complexity index is 1130. The fraction of sp³-hybridized carbons (Fsp3) is 0.548. The number of nitrogens with zero attached hydrogens (tertiary/aromatic N) is 2. The maximum absolute atomic E-state index is 14.2. The summed E-state index contributed by atoms with van der Waals surface area (Å²) in [6.07, 6.45) is 7.90. The van der Waals surface area contributed by atoms with Gasteiger partial charge in [-0.15, -0.1) is 0 Å². The van der Waals surface area contributed by atoms with Crippen LogP contribution < -0.4 is 18.9 Å². The zero-order chi connectivity index (χ0) is 27.8. The molecule has 1 aliphatic carbocycles. The van der Waals surface area contributed by atoms with Crippen LogP contribution >= 0.6 is 0 Å². The van der Waals surface area contributed by atoms with Gasteiger partial charge in [0, 0.05) is 12.6 Å². The third kappa shape index (κ3) is 6.60. The number of methoxy groups -OCH3 is 3. The number of ether oxygens (including phenoxy) is 4. The second kappa shape index (κ2) is 13.6. The van der Waals surface area contributed by atoms with Crippen molar-refractivity contribution in [2.45, 2.75) is 70.4 Å². The van der Waals surface area contributed by atoms with E-state index < -0.39 is 6.04 Å². The number of benzene rings is 2. The minimum absolute atomic E-state index is 0.0157. The highest BCUT2D eigenvalue weighted by Crippen LogP contribution is 2.37. The van der Waals surface area contributed by atoms with Crippen LogP contribution in [0.4, 0.5) is 0 Å². The molecule has 0 bridgehead atoms. The molecule has 0 spiro atoms. The lowest BCUT2D eigenvalue weighted by Gasteiger charge is -2.43.